The van der Waals surface area contributed by atoms with E-state index in [4.69, 9.17) is 11.6 Å². The Hall–Kier alpha value is -1.00. The number of halogens is 2. The highest BCUT2D eigenvalue weighted by atomic mass is 79.9. The quantitative estimate of drug-likeness (QED) is 0.911. The molecule has 2 aromatic rings. The van der Waals surface area contributed by atoms with Crippen LogP contribution in [0.25, 0.3) is 0 Å². The van der Waals surface area contributed by atoms with Crippen molar-refractivity contribution in [3.63, 3.8) is 0 Å². The minimum absolute atomic E-state index is 0.609. The minimum Gasteiger partial charge on any atom is -0.325 e. The van der Waals surface area contributed by atoms with Crippen molar-refractivity contribution in [3.8, 4) is 0 Å². The molecule has 5 heteroatoms. The summed E-state index contributed by atoms with van der Waals surface area (Å²) in [6, 6.07) is 6.27. The van der Waals surface area contributed by atoms with E-state index in [9.17, 15) is 0 Å². The van der Waals surface area contributed by atoms with E-state index < -0.39 is 0 Å². The third-order valence-electron chi connectivity index (χ3n) is 2.78. The molecule has 1 fully saturated rings. The molecule has 3 rings (SSSR count). The van der Waals surface area contributed by atoms with E-state index in [0.29, 0.717) is 11.1 Å². The second kappa shape index (κ2) is 4.35. The molecule has 0 unspecified atom stereocenters. The number of hydrogen-bond donors (Lipinski definition) is 1. The monoisotopic (exact) mass is 311 g/mol. The Balaban J connectivity index is 1.90. The van der Waals surface area contributed by atoms with Crippen LogP contribution in [0.1, 0.15) is 18.9 Å². The Morgan fingerprint density at radius 3 is 3.00 bits per heavy atom. The van der Waals surface area contributed by atoms with Crippen LogP contribution in [0.2, 0.25) is 5.02 Å². The standard InChI is InChI=1S/C12H11BrClN3/c13-10-4-1-8(14)7-11(10)16-12-15-5-6-17(12)9-2-3-9/h1,4-7,9H,2-3H2,(H,15,16). The number of nitrogens with zero attached hydrogens (tertiary/aromatic N) is 2. The largest absolute Gasteiger partial charge is 0.325 e. The average molecular weight is 313 g/mol. The lowest BCUT2D eigenvalue weighted by Gasteiger charge is -2.10. The second-order valence-electron chi connectivity index (χ2n) is 4.14. The van der Waals surface area contributed by atoms with Gasteiger partial charge >= 0.3 is 0 Å². The first-order valence-corrected chi connectivity index (χ1v) is 6.66. The van der Waals surface area contributed by atoms with Crippen LogP contribution in [0, 0.1) is 0 Å². The highest BCUT2D eigenvalue weighted by molar-refractivity contribution is 9.10. The first-order valence-electron chi connectivity index (χ1n) is 5.49. The Kier molecular flexibility index (Phi) is 2.84. The molecule has 1 aromatic heterocycles. The summed E-state index contributed by atoms with van der Waals surface area (Å²) in [5, 5.41) is 4.01. The van der Waals surface area contributed by atoms with Crippen LogP contribution >= 0.6 is 27.5 Å². The summed E-state index contributed by atoms with van der Waals surface area (Å²) < 4.78 is 3.15. The van der Waals surface area contributed by atoms with Gasteiger partial charge in [0.15, 0.2) is 0 Å². The zero-order chi connectivity index (χ0) is 11.8. The molecule has 1 heterocycles. The zero-order valence-electron chi connectivity index (χ0n) is 9.03. The van der Waals surface area contributed by atoms with Crippen molar-refractivity contribution in [1.29, 1.82) is 0 Å². The summed E-state index contributed by atoms with van der Waals surface area (Å²) in [5.41, 5.74) is 0.936. The third-order valence-corrected chi connectivity index (χ3v) is 3.71. The number of benzene rings is 1. The lowest BCUT2D eigenvalue weighted by Crippen LogP contribution is -2.01. The second-order valence-corrected chi connectivity index (χ2v) is 5.43. The van der Waals surface area contributed by atoms with Crippen molar-refractivity contribution in [3.05, 3.63) is 40.1 Å². The average Bonchev–Trinajstić information content (AvgIpc) is 3.05. The van der Waals surface area contributed by atoms with Crippen LogP contribution in [-0.2, 0) is 0 Å². The molecule has 1 saturated carbocycles. The third kappa shape index (κ3) is 2.33. The molecule has 1 aliphatic rings. The minimum atomic E-state index is 0.609. The number of hydrogen-bond acceptors (Lipinski definition) is 2. The number of rotatable bonds is 3. The molecule has 17 heavy (non-hydrogen) atoms. The molecule has 0 radical (unpaired) electrons. The molecule has 0 amide bonds. The molecule has 3 nitrogen and oxygen atoms in total. The van der Waals surface area contributed by atoms with E-state index >= 15 is 0 Å². The summed E-state index contributed by atoms with van der Waals surface area (Å²) in [6.45, 7) is 0. The molecule has 88 valence electrons. The Labute approximate surface area is 113 Å². The van der Waals surface area contributed by atoms with Crippen molar-refractivity contribution in [2.45, 2.75) is 18.9 Å². The van der Waals surface area contributed by atoms with Gasteiger partial charge in [0.2, 0.25) is 5.95 Å². The van der Waals surface area contributed by atoms with Crippen molar-refractivity contribution >= 4 is 39.2 Å². The van der Waals surface area contributed by atoms with E-state index in [-0.39, 0.29) is 0 Å². The molecule has 1 N–H and O–H groups in total. The zero-order valence-corrected chi connectivity index (χ0v) is 11.4. The van der Waals surface area contributed by atoms with Crippen LogP contribution in [0.4, 0.5) is 11.6 Å². The Bertz CT molecular complexity index is 548. The summed E-state index contributed by atoms with van der Waals surface area (Å²) in [7, 11) is 0. The van der Waals surface area contributed by atoms with E-state index in [1.807, 2.05) is 30.6 Å². The number of imidazole rings is 1. The van der Waals surface area contributed by atoms with Gasteiger partial charge in [-0.3, -0.25) is 0 Å². The fraction of sp³-hybridized carbons (Fsp3) is 0.250. The van der Waals surface area contributed by atoms with Gasteiger partial charge in [0.1, 0.15) is 0 Å². The van der Waals surface area contributed by atoms with E-state index in [0.717, 1.165) is 16.1 Å². The molecule has 1 aromatic carbocycles. The molecule has 0 aliphatic heterocycles. The van der Waals surface area contributed by atoms with E-state index in [1.165, 1.54) is 12.8 Å². The first kappa shape index (κ1) is 11.1. The topological polar surface area (TPSA) is 29.9 Å². The summed E-state index contributed by atoms with van der Waals surface area (Å²) in [6.07, 6.45) is 6.31. The van der Waals surface area contributed by atoms with Gasteiger partial charge in [0.05, 0.1) is 5.69 Å². The van der Waals surface area contributed by atoms with Crippen LogP contribution in [0.3, 0.4) is 0 Å². The first-order chi connectivity index (χ1) is 8.24. The van der Waals surface area contributed by atoms with Gasteiger partial charge in [0.25, 0.3) is 0 Å². The van der Waals surface area contributed by atoms with Crippen molar-refractivity contribution in [2.75, 3.05) is 5.32 Å². The van der Waals surface area contributed by atoms with E-state index in [1.54, 1.807) is 0 Å². The lowest BCUT2D eigenvalue weighted by atomic mass is 10.3. The molecule has 0 spiro atoms. The maximum Gasteiger partial charge on any atom is 0.207 e. The molecule has 1 aliphatic carbocycles. The van der Waals surface area contributed by atoms with Gasteiger partial charge in [-0.15, -0.1) is 0 Å². The van der Waals surface area contributed by atoms with Crippen molar-refractivity contribution in [2.24, 2.45) is 0 Å². The number of anilines is 2. The van der Waals surface area contributed by atoms with Crippen molar-refractivity contribution < 1.29 is 0 Å². The Morgan fingerprint density at radius 1 is 1.41 bits per heavy atom. The highest BCUT2D eigenvalue weighted by Gasteiger charge is 2.25. The maximum absolute atomic E-state index is 5.98. The summed E-state index contributed by atoms with van der Waals surface area (Å²) in [5.74, 6) is 0.871. The normalized spacial score (nSPS) is 14.9. The predicted octanol–water partition coefficient (Wildman–Crippen LogP) is 4.38. The SMILES string of the molecule is Clc1ccc(Br)c(Nc2nccn2C2CC2)c1. The number of aromatic nitrogens is 2. The van der Waals surface area contributed by atoms with Gasteiger partial charge in [-0.2, -0.15) is 0 Å². The van der Waals surface area contributed by atoms with E-state index in [2.05, 4.69) is 30.8 Å². The van der Waals surface area contributed by atoms with Gasteiger partial charge < -0.3 is 9.88 Å². The molecule has 0 saturated heterocycles. The summed E-state index contributed by atoms with van der Waals surface area (Å²) >= 11 is 9.48. The lowest BCUT2D eigenvalue weighted by molar-refractivity contribution is 0.751. The molecular formula is C12H11BrClN3. The van der Waals surface area contributed by atoms with Crippen LogP contribution in [0.5, 0.6) is 0 Å². The smallest absolute Gasteiger partial charge is 0.207 e. The highest BCUT2D eigenvalue weighted by Crippen LogP contribution is 2.38. The van der Waals surface area contributed by atoms with Crippen molar-refractivity contribution in [1.82, 2.24) is 9.55 Å². The van der Waals surface area contributed by atoms with Gasteiger partial charge in [-0.1, -0.05) is 11.6 Å². The Morgan fingerprint density at radius 2 is 2.24 bits per heavy atom. The summed E-state index contributed by atoms with van der Waals surface area (Å²) in [4.78, 5) is 4.33. The van der Waals surface area contributed by atoms with Gasteiger partial charge in [0, 0.05) is 27.9 Å². The van der Waals surface area contributed by atoms with Gasteiger partial charge in [-0.25, -0.2) is 4.98 Å². The maximum atomic E-state index is 5.98. The molecule has 0 bridgehead atoms. The van der Waals surface area contributed by atoms with Crippen LogP contribution in [0.15, 0.2) is 35.1 Å². The molecular weight excluding hydrogens is 302 g/mol. The fourth-order valence-electron chi connectivity index (χ4n) is 1.77. The predicted molar refractivity (Wildman–Crippen MR) is 72.9 cm³/mol. The fourth-order valence-corrected chi connectivity index (χ4v) is 2.29. The number of nitrogens with one attached hydrogen (secondary N) is 1. The molecule has 0 atom stereocenters. The van der Waals surface area contributed by atoms with Crippen LogP contribution in [-0.4, -0.2) is 9.55 Å². The van der Waals surface area contributed by atoms with Gasteiger partial charge in [-0.05, 0) is 47.0 Å². The van der Waals surface area contributed by atoms with Crippen LogP contribution < -0.4 is 5.32 Å².